The molecule has 3 atom stereocenters. The summed E-state index contributed by atoms with van der Waals surface area (Å²) in [6.45, 7) is 7.09. The molecule has 2 unspecified atom stereocenters. The Morgan fingerprint density at radius 2 is 2.10 bits per heavy atom. The van der Waals surface area contributed by atoms with E-state index in [4.69, 9.17) is 0 Å². The number of benzene rings is 1. The Labute approximate surface area is 171 Å². The standard InChI is InChI=1S/C21H31N5O3/c1-3-25(10-16-7-5-4-6-15(16)2)12-18(28)9-22-21(29)19-8-20-24-17(13-27)11-26(20)14-23-19/h4-8,14,17-18,21-22,27-29H,3,9-13H2,1-2H3/t17?,18-,21?/m0/s1. The average Bonchev–Trinajstić information content (AvgIpc) is 3.15. The molecule has 1 aromatic carbocycles. The Morgan fingerprint density at radius 3 is 2.83 bits per heavy atom. The molecule has 0 saturated heterocycles. The normalized spacial score (nSPS) is 20.5. The molecule has 8 heteroatoms. The highest BCUT2D eigenvalue weighted by Crippen LogP contribution is 2.16. The van der Waals surface area contributed by atoms with Gasteiger partial charge in [-0.1, -0.05) is 31.2 Å². The van der Waals surface area contributed by atoms with E-state index in [1.54, 1.807) is 12.4 Å². The van der Waals surface area contributed by atoms with Crippen LogP contribution in [0.25, 0.3) is 0 Å². The van der Waals surface area contributed by atoms with E-state index < -0.39 is 12.3 Å². The van der Waals surface area contributed by atoms with Gasteiger partial charge in [0, 0.05) is 25.7 Å². The number of aliphatic hydroxyl groups is 3. The van der Waals surface area contributed by atoms with Crippen LogP contribution in [0.2, 0.25) is 0 Å². The predicted octanol–water partition coefficient (Wildman–Crippen LogP) is 0.0866. The van der Waals surface area contributed by atoms with Gasteiger partial charge in [0.1, 0.15) is 12.1 Å². The van der Waals surface area contributed by atoms with Crippen molar-refractivity contribution in [2.24, 2.45) is 9.98 Å². The van der Waals surface area contributed by atoms with Gasteiger partial charge >= 0.3 is 0 Å². The molecule has 2 aliphatic rings. The number of aliphatic imine (C=N–C) groups is 2. The van der Waals surface area contributed by atoms with Gasteiger partial charge in [0.2, 0.25) is 0 Å². The van der Waals surface area contributed by atoms with Crippen LogP contribution in [-0.2, 0) is 6.54 Å². The second-order valence-corrected chi connectivity index (χ2v) is 7.51. The summed E-state index contributed by atoms with van der Waals surface area (Å²) < 4.78 is 0. The van der Waals surface area contributed by atoms with Crippen LogP contribution >= 0.6 is 0 Å². The van der Waals surface area contributed by atoms with Crippen LogP contribution < -0.4 is 5.32 Å². The summed E-state index contributed by atoms with van der Waals surface area (Å²) in [7, 11) is 0. The monoisotopic (exact) mass is 401 g/mol. The third kappa shape index (κ3) is 5.71. The van der Waals surface area contributed by atoms with E-state index in [0.29, 0.717) is 24.6 Å². The maximum absolute atomic E-state index is 10.4. The lowest BCUT2D eigenvalue weighted by molar-refractivity contribution is 0.0880. The van der Waals surface area contributed by atoms with Gasteiger partial charge in [0.25, 0.3) is 0 Å². The van der Waals surface area contributed by atoms with Crippen LogP contribution in [0.15, 0.2) is 46.0 Å². The van der Waals surface area contributed by atoms with E-state index in [9.17, 15) is 15.3 Å². The Bertz CT molecular complexity index is 779. The number of likely N-dealkylation sites (N-methyl/N-ethyl adjacent to an activating group) is 1. The number of rotatable bonds is 10. The van der Waals surface area contributed by atoms with Gasteiger partial charge in [-0.15, -0.1) is 0 Å². The highest BCUT2D eigenvalue weighted by molar-refractivity contribution is 6.03. The second-order valence-electron chi connectivity index (χ2n) is 7.51. The third-order valence-electron chi connectivity index (χ3n) is 5.25. The number of nitrogens with zero attached hydrogens (tertiary/aromatic N) is 4. The number of amidine groups is 1. The van der Waals surface area contributed by atoms with Crippen LogP contribution in [0.3, 0.4) is 0 Å². The maximum atomic E-state index is 10.4. The highest BCUT2D eigenvalue weighted by Gasteiger charge is 2.26. The fourth-order valence-electron chi connectivity index (χ4n) is 3.45. The first-order valence-corrected chi connectivity index (χ1v) is 10.1. The number of aliphatic hydroxyl groups excluding tert-OH is 3. The smallest absolute Gasteiger partial charge is 0.148 e. The summed E-state index contributed by atoms with van der Waals surface area (Å²) in [6.07, 6.45) is 1.70. The van der Waals surface area contributed by atoms with Crippen LogP contribution in [0.1, 0.15) is 18.1 Å². The van der Waals surface area contributed by atoms with Crippen LogP contribution in [0.4, 0.5) is 0 Å². The SMILES string of the molecule is CCN(Cc1ccccc1C)C[C@@H](O)CNC(O)C1=CC2=NC(CO)CN2C=N1. The van der Waals surface area contributed by atoms with E-state index in [2.05, 4.69) is 46.2 Å². The fraction of sp³-hybridized carbons (Fsp3) is 0.524. The van der Waals surface area contributed by atoms with Crippen molar-refractivity contribution in [1.82, 2.24) is 15.1 Å². The summed E-state index contributed by atoms with van der Waals surface area (Å²) in [5, 5.41) is 33.0. The zero-order valence-electron chi connectivity index (χ0n) is 17.1. The molecule has 1 aromatic rings. The van der Waals surface area contributed by atoms with Crippen molar-refractivity contribution in [3.63, 3.8) is 0 Å². The molecule has 8 nitrogen and oxygen atoms in total. The second kappa shape index (κ2) is 10.1. The molecule has 0 aromatic heterocycles. The highest BCUT2D eigenvalue weighted by atomic mass is 16.3. The quantitative estimate of drug-likeness (QED) is 0.414. The topological polar surface area (TPSA) is 104 Å². The number of fused-ring (bicyclic) bond motifs is 1. The lowest BCUT2D eigenvalue weighted by Crippen LogP contribution is -2.42. The molecule has 0 aliphatic carbocycles. The first kappa shape index (κ1) is 21.6. The van der Waals surface area contributed by atoms with E-state index in [0.717, 1.165) is 13.1 Å². The fourth-order valence-corrected chi connectivity index (χ4v) is 3.45. The van der Waals surface area contributed by atoms with E-state index >= 15 is 0 Å². The van der Waals surface area contributed by atoms with E-state index in [1.807, 2.05) is 17.0 Å². The number of nitrogens with one attached hydrogen (secondary N) is 1. The molecule has 4 N–H and O–H groups in total. The molecule has 0 spiro atoms. The molecule has 0 bridgehead atoms. The van der Waals surface area contributed by atoms with Crippen molar-refractivity contribution in [1.29, 1.82) is 0 Å². The van der Waals surface area contributed by atoms with Crippen LogP contribution in [0, 0.1) is 6.92 Å². The number of hydrogen-bond acceptors (Lipinski definition) is 8. The van der Waals surface area contributed by atoms with E-state index in [1.165, 1.54) is 11.1 Å². The molecule has 29 heavy (non-hydrogen) atoms. The summed E-state index contributed by atoms with van der Waals surface area (Å²) in [4.78, 5) is 12.7. The zero-order chi connectivity index (χ0) is 20.8. The van der Waals surface area contributed by atoms with Crippen molar-refractivity contribution in [3.8, 4) is 0 Å². The molecule has 2 heterocycles. The average molecular weight is 402 g/mol. The van der Waals surface area contributed by atoms with Crippen molar-refractivity contribution < 1.29 is 15.3 Å². The van der Waals surface area contributed by atoms with Crippen molar-refractivity contribution in [2.75, 3.05) is 32.8 Å². The summed E-state index contributed by atoms with van der Waals surface area (Å²) in [5.41, 5.74) is 2.93. The van der Waals surface area contributed by atoms with Crippen LogP contribution in [0.5, 0.6) is 0 Å². The number of hydrogen-bond donors (Lipinski definition) is 4. The predicted molar refractivity (Wildman–Crippen MR) is 114 cm³/mol. The minimum absolute atomic E-state index is 0.0134. The molecular weight excluding hydrogens is 370 g/mol. The lowest BCUT2D eigenvalue weighted by Gasteiger charge is -2.26. The Morgan fingerprint density at radius 1 is 1.31 bits per heavy atom. The van der Waals surface area contributed by atoms with Crippen LogP contribution in [-0.4, -0.2) is 88.5 Å². The molecular formula is C21H31N5O3. The first-order chi connectivity index (χ1) is 14.0. The molecule has 158 valence electrons. The van der Waals surface area contributed by atoms with Gasteiger partial charge in [0.15, 0.2) is 0 Å². The summed E-state index contributed by atoms with van der Waals surface area (Å²) in [5.74, 6) is 0.686. The summed E-state index contributed by atoms with van der Waals surface area (Å²) >= 11 is 0. The van der Waals surface area contributed by atoms with Gasteiger partial charge in [0.05, 0.1) is 37.3 Å². The van der Waals surface area contributed by atoms with Crippen molar-refractivity contribution in [2.45, 2.75) is 38.8 Å². The molecule has 3 rings (SSSR count). The molecule has 0 radical (unpaired) electrons. The molecule has 0 saturated carbocycles. The first-order valence-electron chi connectivity index (χ1n) is 10.1. The van der Waals surface area contributed by atoms with Gasteiger partial charge in [-0.05, 0) is 24.6 Å². The van der Waals surface area contributed by atoms with Gasteiger partial charge in [-0.25, -0.2) is 4.99 Å². The minimum atomic E-state index is -0.995. The lowest BCUT2D eigenvalue weighted by atomic mass is 10.1. The third-order valence-corrected chi connectivity index (χ3v) is 5.25. The molecule has 0 amide bonds. The Kier molecular flexibility index (Phi) is 7.51. The van der Waals surface area contributed by atoms with Crippen molar-refractivity contribution >= 4 is 12.2 Å². The Hall–Kier alpha value is -2.10. The molecule has 2 aliphatic heterocycles. The minimum Gasteiger partial charge on any atom is -0.394 e. The van der Waals surface area contributed by atoms with Gasteiger partial charge in [-0.2, -0.15) is 0 Å². The van der Waals surface area contributed by atoms with Gasteiger partial charge in [-0.3, -0.25) is 15.2 Å². The van der Waals surface area contributed by atoms with E-state index in [-0.39, 0.29) is 19.2 Å². The van der Waals surface area contributed by atoms with Crippen molar-refractivity contribution in [3.05, 3.63) is 47.2 Å². The largest absolute Gasteiger partial charge is 0.394 e. The summed E-state index contributed by atoms with van der Waals surface area (Å²) in [6, 6.07) is 8.09. The Balaban J connectivity index is 1.49. The molecule has 0 fully saturated rings. The maximum Gasteiger partial charge on any atom is 0.148 e. The number of aryl methyl sites for hydroxylation is 1. The van der Waals surface area contributed by atoms with Gasteiger partial charge < -0.3 is 20.2 Å². The zero-order valence-corrected chi connectivity index (χ0v) is 17.1.